The van der Waals surface area contributed by atoms with Crippen molar-refractivity contribution in [2.75, 3.05) is 13.7 Å². The van der Waals surface area contributed by atoms with Crippen molar-refractivity contribution in [2.24, 2.45) is 4.99 Å². The van der Waals surface area contributed by atoms with Crippen molar-refractivity contribution in [3.63, 3.8) is 0 Å². The SMILES string of the molecule is CN=C(NCc1cccc(COCC(F)(F)F)c1)NC(C)C. The molecule has 1 rings (SSSR count). The fraction of sp³-hybridized carbons (Fsp3) is 0.533. The van der Waals surface area contributed by atoms with Crippen molar-refractivity contribution in [1.82, 2.24) is 10.6 Å². The van der Waals surface area contributed by atoms with E-state index < -0.39 is 12.8 Å². The number of ether oxygens (including phenoxy) is 1. The first-order chi connectivity index (χ1) is 10.3. The number of aliphatic imine (C=N–C) groups is 1. The molecular formula is C15H22F3N3O. The fourth-order valence-corrected chi connectivity index (χ4v) is 1.77. The van der Waals surface area contributed by atoms with Gasteiger partial charge in [-0.2, -0.15) is 13.2 Å². The number of nitrogens with zero attached hydrogens (tertiary/aromatic N) is 1. The second-order valence-corrected chi connectivity index (χ2v) is 5.15. The van der Waals surface area contributed by atoms with Crippen LogP contribution in [0.3, 0.4) is 0 Å². The molecule has 0 aliphatic heterocycles. The smallest absolute Gasteiger partial charge is 0.367 e. The molecule has 0 saturated carbocycles. The highest BCUT2D eigenvalue weighted by Crippen LogP contribution is 2.16. The Morgan fingerprint density at radius 1 is 1.27 bits per heavy atom. The average Bonchev–Trinajstić information content (AvgIpc) is 2.42. The molecule has 1 aromatic rings. The van der Waals surface area contributed by atoms with Crippen LogP contribution in [0.5, 0.6) is 0 Å². The Balaban J connectivity index is 2.50. The van der Waals surface area contributed by atoms with Gasteiger partial charge in [-0.3, -0.25) is 4.99 Å². The van der Waals surface area contributed by atoms with Gasteiger partial charge in [0.25, 0.3) is 0 Å². The second kappa shape index (κ2) is 8.63. The summed E-state index contributed by atoms with van der Waals surface area (Å²) >= 11 is 0. The third kappa shape index (κ3) is 7.87. The normalized spacial score (nSPS) is 12.6. The molecule has 0 saturated heterocycles. The van der Waals surface area contributed by atoms with E-state index in [4.69, 9.17) is 0 Å². The Morgan fingerprint density at radius 2 is 1.95 bits per heavy atom. The molecule has 0 fully saturated rings. The highest BCUT2D eigenvalue weighted by Gasteiger charge is 2.27. The van der Waals surface area contributed by atoms with E-state index in [9.17, 15) is 13.2 Å². The standard InChI is InChI=1S/C15H22F3N3O/c1-11(2)21-14(19-3)20-8-12-5-4-6-13(7-12)9-22-10-15(16,17)18/h4-7,11H,8-10H2,1-3H3,(H2,19,20,21). The van der Waals surface area contributed by atoms with Crippen molar-refractivity contribution in [3.05, 3.63) is 35.4 Å². The van der Waals surface area contributed by atoms with Crippen molar-refractivity contribution in [3.8, 4) is 0 Å². The van der Waals surface area contributed by atoms with Gasteiger partial charge in [0.1, 0.15) is 6.61 Å². The molecule has 0 aromatic heterocycles. The van der Waals surface area contributed by atoms with Crippen LogP contribution in [0, 0.1) is 0 Å². The summed E-state index contributed by atoms with van der Waals surface area (Å²) in [6.07, 6.45) is -4.30. The minimum absolute atomic E-state index is 0.0632. The molecule has 0 aliphatic rings. The van der Waals surface area contributed by atoms with Crippen LogP contribution in [-0.2, 0) is 17.9 Å². The Morgan fingerprint density at radius 3 is 2.55 bits per heavy atom. The predicted molar refractivity (Wildman–Crippen MR) is 80.6 cm³/mol. The van der Waals surface area contributed by atoms with Crippen LogP contribution in [0.15, 0.2) is 29.3 Å². The van der Waals surface area contributed by atoms with Gasteiger partial charge < -0.3 is 15.4 Å². The first-order valence-corrected chi connectivity index (χ1v) is 6.99. The molecule has 0 aliphatic carbocycles. The molecule has 0 atom stereocenters. The molecule has 0 heterocycles. The molecule has 1 aromatic carbocycles. The average molecular weight is 317 g/mol. The molecule has 0 bridgehead atoms. The lowest BCUT2D eigenvalue weighted by Gasteiger charge is -2.15. The number of guanidine groups is 1. The van der Waals surface area contributed by atoms with Crippen LogP contribution < -0.4 is 10.6 Å². The highest BCUT2D eigenvalue weighted by atomic mass is 19.4. The van der Waals surface area contributed by atoms with Crippen LogP contribution in [0.2, 0.25) is 0 Å². The molecule has 4 nitrogen and oxygen atoms in total. The minimum atomic E-state index is -4.30. The molecule has 0 unspecified atom stereocenters. The van der Waals surface area contributed by atoms with E-state index >= 15 is 0 Å². The van der Waals surface area contributed by atoms with Gasteiger partial charge >= 0.3 is 6.18 Å². The zero-order valence-electron chi connectivity index (χ0n) is 13.0. The summed E-state index contributed by atoms with van der Waals surface area (Å²) in [6, 6.07) is 7.49. The molecule has 0 radical (unpaired) electrons. The molecule has 124 valence electrons. The lowest BCUT2D eigenvalue weighted by atomic mass is 10.1. The maximum absolute atomic E-state index is 12.0. The number of alkyl halides is 3. The highest BCUT2D eigenvalue weighted by molar-refractivity contribution is 5.79. The Hall–Kier alpha value is -1.76. The van der Waals surface area contributed by atoms with E-state index in [1.165, 1.54) is 0 Å². The summed E-state index contributed by atoms with van der Waals surface area (Å²) < 4.78 is 40.8. The van der Waals surface area contributed by atoms with Gasteiger partial charge in [-0.25, -0.2) is 0 Å². The van der Waals surface area contributed by atoms with Crippen LogP contribution in [0.1, 0.15) is 25.0 Å². The summed E-state index contributed by atoms with van der Waals surface area (Å²) in [5.41, 5.74) is 1.65. The van der Waals surface area contributed by atoms with Crippen LogP contribution in [0.25, 0.3) is 0 Å². The van der Waals surface area contributed by atoms with Gasteiger partial charge in [-0.1, -0.05) is 24.3 Å². The van der Waals surface area contributed by atoms with E-state index in [-0.39, 0.29) is 12.6 Å². The molecule has 2 N–H and O–H groups in total. The molecule has 0 spiro atoms. The third-order valence-electron chi connectivity index (χ3n) is 2.63. The maximum Gasteiger partial charge on any atom is 0.411 e. The van der Waals surface area contributed by atoms with Gasteiger partial charge in [-0.15, -0.1) is 0 Å². The molecule has 7 heteroatoms. The molecule has 0 amide bonds. The van der Waals surface area contributed by atoms with Gasteiger partial charge in [0.05, 0.1) is 6.61 Å². The Bertz CT molecular complexity index is 487. The van der Waals surface area contributed by atoms with E-state index in [2.05, 4.69) is 20.4 Å². The van der Waals surface area contributed by atoms with Crippen LogP contribution in [0.4, 0.5) is 13.2 Å². The van der Waals surface area contributed by atoms with E-state index in [1.54, 1.807) is 19.2 Å². The van der Waals surface area contributed by atoms with E-state index in [0.717, 1.165) is 5.56 Å². The predicted octanol–water partition coefficient (Wildman–Crippen LogP) is 2.84. The molecular weight excluding hydrogens is 295 g/mol. The largest absolute Gasteiger partial charge is 0.411 e. The monoisotopic (exact) mass is 317 g/mol. The van der Waals surface area contributed by atoms with Gasteiger partial charge in [0.15, 0.2) is 5.96 Å². The Kier molecular flexibility index (Phi) is 7.17. The fourth-order valence-electron chi connectivity index (χ4n) is 1.77. The van der Waals surface area contributed by atoms with Crippen molar-refractivity contribution in [1.29, 1.82) is 0 Å². The lowest BCUT2D eigenvalue weighted by Crippen LogP contribution is -2.40. The van der Waals surface area contributed by atoms with E-state index in [0.29, 0.717) is 18.1 Å². The number of halogens is 3. The summed E-state index contributed by atoms with van der Waals surface area (Å²) in [6.45, 7) is 3.24. The van der Waals surface area contributed by atoms with Crippen LogP contribution in [-0.4, -0.2) is 31.8 Å². The quantitative estimate of drug-likeness (QED) is 0.626. The third-order valence-corrected chi connectivity index (χ3v) is 2.63. The zero-order valence-corrected chi connectivity index (χ0v) is 13.0. The zero-order chi connectivity index (χ0) is 16.6. The summed E-state index contributed by atoms with van der Waals surface area (Å²) in [7, 11) is 1.68. The number of hydrogen-bond donors (Lipinski definition) is 2. The summed E-state index contributed by atoms with van der Waals surface area (Å²) in [5, 5.41) is 6.30. The van der Waals surface area contributed by atoms with E-state index in [1.807, 2.05) is 26.0 Å². The lowest BCUT2D eigenvalue weighted by molar-refractivity contribution is -0.176. The molecule has 22 heavy (non-hydrogen) atoms. The Labute approximate surface area is 128 Å². The van der Waals surface area contributed by atoms with Crippen molar-refractivity contribution >= 4 is 5.96 Å². The summed E-state index contributed by atoms with van der Waals surface area (Å²) in [4.78, 5) is 4.09. The number of rotatable bonds is 6. The van der Waals surface area contributed by atoms with Gasteiger partial charge in [-0.05, 0) is 25.0 Å². The van der Waals surface area contributed by atoms with Crippen molar-refractivity contribution in [2.45, 2.75) is 39.2 Å². The summed E-state index contributed by atoms with van der Waals surface area (Å²) in [5.74, 6) is 0.675. The topological polar surface area (TPSA) is 45.7 Å². The number of nitrogens with one attached hydrogen (secondary N) is 2. The maximum atomic E-state index is 12.0. The second-order valence-electron chi connectivity index (χ2n) is 5.15. The van der Waals surface area contributed by atoms with Gasteiger partial charge in [0.2, 0.25) is 0 Å². The van der Waals surface area contributed by atoms with Gasteiger partial charge in [0, 0.05) is 19.6 Å². The number of benzene rings is 1. The van der Waals surface area contributed by atoms with Crippen molar-refractivity contribution < 1.29 is 17.9 Å². The number of hydrogen-bond acceptors (Lipinski definition) is 2. The first kappa shape index (κ1) is 18.3. The minimum Gasteiger partial charge on any atom is -0.367 e. The first-order valence-electron chi connectivity index (χ1n) is 6.99. The van der Waals surface area contributed by atoms with Crippen LogP contribution >= 0.6 is 0 Å².